The van der Waals surface area contributed by atoms with Gasteiger partial charge in [-0.3, -0.25) is 24.4 Å². The first-order chi connectivity index (χ1) is 15.2. The summed E-state index contributed by atoms with van der Waals surface area (Å²) in [4.78, 5) is 36.8. The first-order valence-electron chi connectivity index (χ1n) is 9.40. The summed E-state index contributed by atoms with van der Waals surface area (Å²) in [5.41, 5.74) is 0.0705. The summed E-state index contributed by atoms with van der Waals surface area (Å²) >= 11 is 0. The number of amides is 2. The number of nitro groups is 1. The Hall–Kier alpha value is -4.29. The lowest BCUT2D eigenvalue weighted by Crippen LogP contribution is -2.26. The molecule has 2 aromatic heterocycles. The van der Waals surface area contributed by atoms with Crippen LogP contribution in [0, 0.1) is 15.9 Å². The van der Waals surface area contributed by atoms with E-state index in [1.807, 2.05) is 6.92 Å². The highest BCUT2D eigenvalue weighted by Gasteiger charge is 2.22. The summed E-state index contributed by atoms with van der Waals surface area (Å²) < 4.78 is 21.4. The van der Waals surface area contributed by atoms with Gasteiger partial charge in [-0.1, -0.05) is 0 Å². The second kappa shape index (κ2) is 9.24. The number of carbonyl (C=O) groups excluding carboxylic acids is 2. The molecular formula is C19H20FN7O5. The molecule has 0 atom stereocenters. The van der Waals surface area contributed by atoms with E-state index in [0.29, 0.717) is 6.54 Å². The fourth-order valence-electron chi connectivity index (χ4n) is 2.79. The fraction of sp³-hybridized carbons (Fsp3) is 0.263. The van der Waals surface area contributed by atoms with E-state index in [1.54, 1.807) is 14.1 Å². The summed E-state index contributed by atoms with van der Waals surface area (Å²) in [7, 11) is 3.18. The standard InChI is InChI=1S/C19H20FN7O5/c1-4-26-17(19(29)24(2)3)14(10-21-26)22-18(28)13-7-8-25(23-13)11-32-16-9-12(20)5-6-15(16)27(30)31/h5-10H,4,11H2,1-3H3,(H,22,28). The number of nitrogens with one attached hydrogen (secondary N) is 1. The molecule has 0 unspecified atom stereocenters. The quantitative estimate of drug-likeness (QED) is 0.414. The number of aromatic nitrogens is 4. The Morgan fingerprint density at radius 1 is 1.31 bits per heavy atom. The number of rotatable bonds is 8. The summed E-state index contributed by atoms with van der Waals surface area (Å²) in [6, 6.07) is 4.24. The molecular weight excluding hydrogens is 425 g/mol. The number of anilines is 1. The van der Waals surface area contributed by atoms with Crippen molar-refractivity contribution in [2.75, 3.05) is 19.4 Å². The monoisotopic (exact) mass is 445 g/mol. The first kappa shape index (κ1) is 22.4. The van der Waals surface area contributed by atoms with Crippen LogP contribution in [0.2, 0.25) is 0 Å². The van der Waals surface area contributed by atoms with Crippen LogP contribution in [-0.2, 0) is 13.3 Å². The van der Waals surface area contributed by atoms with Gasteiger partial charge in [0, 0.05) is 39.0 Å². The van der Waals surface area contributed by atoms with Crippen molar-refractivity contribution in [3.8, 4) is 5.75 Å². The Morgan fingerprint density at radius 3 is 2.72 bits per heavy atom. The molecule has 0 aliphatic rings. The van der Waals surface area contributed by atoms with E-state index in [-0.39, 0.29) is 35.5 Å². The maximum atomic E-state index is 13.4. The van der Waals surface area contributed by atoms with Crippen LogP contribution in [0.5, 0.6) is 5.75 Å². The van der Waals surface area contributed by atoms with Crippen molar-refractivity contribution in [1.29, 1.82) is 0 Å². The summed E-state index contributed by atoms with van der Waals surface area (Å²) in [5, 5.41) is 21.8. The van der Waals surface area contributed by atoms with Crippen LogP contribution in [0.25, 0.3) is 0 Å². The van der Waals surface area contributed by atoms with Crippen molar-refractivity contribution in [1.82, 2.24) is 24.5 Å². The van der Waals surface area contributed by atoms with Crippen molar-refractivity contribution in [2.45, 2.75) is 20.2 Å². The van der Waals surface area contributed by atoms with Gasteiger partial charge in [0.25, 0.3) is 11.8 Å². The van der Waals surface area contributed by atoms with Gasteiger partial charge in [-0.05, 0) is 19.1 Å². The SMILES string of the molecule is CCn1ncc(NC(=O)c2ccn(COc3cc(F)ccc3[N+](=O)[O-])n2)c1C(=O)N(C)C. The minimum Gasteiger partial charge on any atom is -0.464 e. The van der Waals surface area contributed by atoms with Crippen LogP contribution < -0.4 is 10.1 Å². The van der Waals surface area contributed by atoms with Crippen LogP contribution >= 0.6 is 0 Å². The minimum atomic E-state index is -0.695. The van der Waals surface area contributed by atoms with E-state index in [4.69, 9.17) is 4.74 Å². The number of nitro benzene ring substituents is 1. The average Bonchev–Trinajstić information content (AvgIpc) is 3.38. The summed E-state index contributed by atoms with van der Waals surface area (Å²) in [5.74, 6) is -1.88. The van der Waals surface area contributed by atoms with Gasteiger partial charge in [0.2, 0.25) is 5.75 Å². The molecule has 1 aromatic carbocycles. The van der Waals surface area contributed by atoms with E-state index >= 15 is 0 Å². The van der Waals surface area contributed by atoms with Crippen molar-refractivity contribution >= 4 is 23.2 Å². The lowest BCUT2D eigenvalue weighted by atomic mass is 10.3. The van der Waals surface area contributed by atoms with E-state index in [9.17, 15) is 24.1 Å². The number of halogens is 1. The van der Waals surface area contributed by atoms with Gasteiger partial charge in [0.15, 0.2) is 12.4 Å². The van der Waals surface area contributed by atoms with E-state index in [1.165, 1.54) is 32.7 Å². The molecule has 0 aliphatic heterocycles. The zero-order valence-electron chi connectivity index (χ0n) is 17.5. The van der Waals surface area contributed by atoms with Gasteiger partial charge >= 0.3 is 5.69 Å². The van der Waals surface area contributed by atoms with Crippen molar-refractivity contribution in [3.63, 3.8) is 0 Å². The topological polar surface area (TPSA) is 137 Å². The zero-order valence-corrected chi connectivity index (χ0v) is 17.5. The summed E-state index contributed by atoms with van der Waals surface area (Å²) in [6.07, 6.45) is 2.79. The molecule has 12 nitrogen and oxygen atoms in total. The minimum absolute atomic E-state index is 0.00911. The largest absolute Gasteiger partial charge is 0.464 e. The predicted octanol–water partition coefficient (Wildman–Crippen LogP) is 2.14. The Morgan fingerprint density at radius 2 is 2.06 bits per heavy atom. The average molecular weight is 445 g/mol. The molecule has 1 N–H and O–H groups in total. The summed E-state index contributed by atoms with van der Waals surface area (Å²) in [6.45, 7) is 1.95. The van der Waals surface area contributed by atoms with Crippen molar-refractivity contribution < 1.29 is 23.6 Å². The van der Waals surface area contributed by atoms with E-state index in [2.05, 4.69) is 15.5 Å². The highest BCUT2D eigenvalue weighted by Crippen LogP contribution is 2.27. The van der Waals surface area contributed by atoms with Crippen LogP contribution in [0.15, 0.2) is 36.7 Å². The molecule has 0 bridgehead atoms. The highest BCUT2D eigenvalue weighted by molar-refractivity contribution is 6.07. The predicted molar refractivity (Wildman–Crippen MR) is 110 cm³/mol. The highest BCUT2D eigenvalue weighted by atomic mass is 19.1. The Labute approximate surface area is 181 Å². The molecule has 13 heteroatoms. The molecule has 2 heterocycles. The molecule has 0 spiro atoms. The number of carbonyl (C=O) groups is 2. The normalized spacial score (nSPS) is 10.6. The van der Waals surface area contributed by atoms with E-state index in [0.717, 1.165) is 18.2 Å². The molecule has 168 valence electrons. The Balaban J connectivity index is 1.73. The number of hydrogen-bond donors (Lipinski definition) is 1. The van der Waals surface area contributed by atoms with Gasteiger partial charge in [0.1, 0.15) is 11.5 Å². The van der Waals surface area contributed by atoms with Gasteiger partial charge < -0.3 is 15.0 Å². The first-order valence-corrected chi connectivity index (χ1v) is 9.40. The van der Waals surface area contributed by atoms with Gasteiger partial charge in [-0.15, -0.1) is 0 Å². The fourth-order valence-corrected chi connectivity index (χ4v) is 2.79. The van der Waals surface area contributed by atoms with E-state index < -0.39 is 22.3 Å². The third-order valence-electron chi connectivity index (χ3n) is 4.34. The molecule has 0 saturated heterocycles. The zero-order chi connectivity index (χ0) is 23.4. The lowest BCUT2D eigenvalue weighted by molar-refractivity contribution is -0.386. The second-order valence-electron chi connectivity index (χ2n) is 6.76. The van der Waals surface area contributed by atoms with Gasteiger partial charge in [-0.2, -0.15) is 10.2 Å². The van der Waals surface area contributed by atoms with Crippen LogP contribution in [0.4, 0.5) is 15.8 Å². The van der Waals surface area contributed by atoms with Crippen molar-refractivity contribution in [3.05, 3.63) is 64.0 Å². The molecule has 3 aromatic rings. The third kappa shape index (κ3) is 4.71. The maximum Gasteiger partial charge on any atom is 0.311 e. The molecule has 2 amide bonds. The lowest BCUT2D eigenvalue weighted by Gasteiger charge is -2.13. The van der Waals surface area contributed by atoms with Crippen molar-refractivity contribution in [2.24, 2.45) is 0 Å². The second-order valence-corrected chi connectivity index (χ2v) is 6.76. The molecule has 32 heavy (non-hydrogen) atoms. The number of nitrogens with zero attached hydrogens (tertiary/aromatic N) is 6. The Bertz CT molecular complexity index is 1170. The van der Waals surface area contributed by atoms with Crippen LogP contribution in [-0.4, -0.2) is 55.3 Å². The molecule has 0 fully saturated rings. The number of benzene rings is 1. The molecule has 0 saturated carbocycles. The number of aryl methyl sites for hydroxylation is 1. The Kier molecular flexibility index (Phi) is 6.47. The maximum absolute atomic E-state index is 13.4. The van der Waals surface area contributed by atoms with Gasteiger partial charge in [-0.25, -0.2) is 9.07 Å². The van der Waals surface area contributed by atoms with Crippen LogP contribution in [0.1, 0.15) is 27.9 Å². The van der Waals surface area contributed by atoms with Gasteiger partial charge in [0.05, 0.1) is 16.8 Å². The van der Waals surface area contributed by atoms with Crippen LogP contribution in [0.3, 0.4) is 0 Å². The smallest absolute Gasteiger partial charge is 0.311 e. The molecule has 0 radical (unpaired) electrons. The third-order valence-corrected chi connectivity index (χ3v) is 4.34. The number of hydrogen-bond acceptors (Lipinski definition) is 7. The molecule has 3 rings (SSSR count). The molecule has 0 aliphatic carbocycles. The number of ether oxygens (including phenoxy) is 1.